The average Bonchev–Trinajstić information content (AvgIpc) is 2.41. The number of sulfonamides is 1. The number of rotatable bonds is 5. The molecule has 0 aliphatic carbocycles. The molecule has 0 amide bonds. The molecule has 0 atom stereocenters. The van der Waals surface area contributed by atoms with Crippen LogP contribution in [0.3, 0.4) is 0 Å². The first kappa shape index (κ1) is 15.7. The normalized spacial score (nSPS) is 12.9. The molecule has 1 aromatic heterocycles. The highest BCUT2D eigenvalue weighted by Crippen LogP contribution is 2.30. The Labute approximate surface area is 115 Å². The summed E-state index contributed by atoms with van der Waals surface area (Å²) in [5, 5.41) is 0.00683. The van der Waals surface area contributed by atoms with Gasteiger partial charge in [0.15, 0.2) is 9.34 Å². The molecular weight excluding hydrogens is 320 g/mol. The lowest BCUT2D eigenvalue weighted by Crippen LogP contribution is -2.19. The Bertz CT molecular complexity index is 633. The summed E-state index contributed by atoms with van der Waals surface area (Å²) in [6.07, 6.45) is 0. The van der Waals surface area contributed by atoms with E-state index in [1.165, 1.54) is 6.92 Å². The van der Waals surface area contributed by atoms with Crippen molar-refractivity contribution in [1.29, 1.82) is 0 Å². The maximum Gasteiger partial charge on any atom is 0.272 e. The number of aryl methyl sites for hydroxylation is 1. The number of hydrogen-bond acceptors (Lipinski definition) is 6. The second kappa shape index (κ2) is 5.32. The molecule has 1 heterocycles. The maximum absolute atomic E-state index is 11.7. The van der Waals surface area contributed by atoms with Crippen molar-refractivity contribution < 1.29 is 16.8 Å². The van der Waals surface area contributed by atoms with E-state index in [4.69, 9.17) is 10.7 Å². The van der Waals surface area contributed by atoms with Gasteiger partial charge in [0, 0.05) is 10.7 Å². The second-order valence-corrected chi connectivity index (χ2v) is 9.63. The van der Waals surface area contributed by atoms with Crippen LogP contribution in [0.2, 0.25) is 0 Å². The molecule has 0 fully saturated rings. The zero-order valence-electron chi connectivity index (χ0n) is 9.97. The number of nitrogens with zero attached hydrogens (tertiary/aromatic N) is 1. The third-order valence-electron chi connectivity index (χ3n) is 1.77. The summed E-state index contributed by atoms with van der Waals surface area (Å²) in [6.45, 7) is 4.98. The summed E-state index contributed by atoms with van der Waals surface area (Å²) < 4.78 is 47.7. The van der Waals surface area contributed by atoms with Crippen molar-refractivity contribution in [2.45, 2.75) is 25.0 Å². The number of hydrogen-bond donors (Lipinski definition) is 1. The minimum absolute atomic E-state index is 0.00683. The fraction of sp³-hybridized carbons (Fsp3) is 0.625. The summed E-state index contributed by atoms with van der Waals surface area (Å²) in [6, 6.07) is 0. The van der Waals surface area contributed by atoms with E-state index in [2.05, 4.69) is 9.71 Å². The fourth-order valence-electron chi connectivity index (χ4n) is 1.27. The van der Waals surface area contributed by atoms with E-state index in [9.17, 15) is 16.8 Å². The van der Waals surface area contributed by atoms with Gasteiger partial charge in [0.1, 0.15) is 0 Å². The predicted octanol–water partition coefficient (Wildman–Crippen LogP) is 1.78. The lowest BCUT2D eigenvalue weighted by Gasteiger charge is -2.06. The Morgan fingerprint density at radius 2 is 1.89 bits per heavy atom. The zero-order chi connectivity index (χ0) is 14.1. The molecule has 0 saturated heterocycles. The first-order valence-electron chi connectivity index (χ1n) is 4.94. The van der Waals surface area contributed by atoms with Gasteiger partial charge in [0.2, 0.25) is 10.0 Å². The van der Waals surface area contributed by atoms with Gasteiger partial charge in [0.05, 0.1) is 11.4 Å². The Morgan fingerprint density at radius 1 is 1.33 bits per heavy atom. The number of halogens is 1. The van der Waals surface area contributed by atoms with Gasteiger partial charge in [-0.25, -0.2) is 21.8 Å². The van der Waals surface area contributed by atoms with E-state index in [1.807, 2.05) is 0 Å². The molecule has 0 spiro atoms. The summed E-state index contributed by atoms with van der Waals surface area (Å²) >= 11 is 0.699. The van der Waals surface area contributed by atoms with E-state index in [1.54, 1.807) is 13.8 Å². The molecular formula is C8H13ClN2O4S3. The molecule has 1 rings (SSSR count). The zero-order valence-corrected chi connectivity index (χ0v) is 13.2. The smallest absolute Gasteiger partial charge is 0.259 e. The molecule has 0 radical (unpaired) electrons. The highest BCUT2D eigenvalue weighted by atomic mass is 35.7. The van der Waals surface area contributed by atoms with Crippen LogP contribution in [0, 0.1) is 12.8 Å². The van der Waals surface area contributed by atoms with Gasteiger partial charge in [0.25, 0.3) is 9.05 Å². The lowest BCUT2D eigenvalue weighted by atomic mass is 10.3. The fourth-order valence-corrected chi connectivity index (χ4v) is 5.29. The summed E-state index contributed by atoms with van der Waals surface area (Å²) in [7, 11) is -2.22. The molecule has 18 heavy (non-hydrogen) atoms. The maximum atomic E-state index is 11.7. The Balaban J connectivity index is 3.02. The number of aromatic nitrogens is 1. The van der Waals surface area contributed by atoms with Gasteiger partial charge >= 0.3 is 0 Å². The predicted molar refractivity (Wildman–Crippen MR) is 72.1 cm³/mol. The minimum atomic E-state index is -3.90. The molecule has 0 unspecified atom stereocenters. The number of anilines is 1. The monoisotopic (exact) mass is 332 g/mol. The van der Waals surface area contributed by atoms with E-state index in [0.29, 0.717) is 11.3 Å². The molecule has 0 aliphatic rings. The molecule has 10 heteroatoms. The van der Waals surface area contributed by atoms with Crippen LogP contribution in [0.15, 0.2) is 4.21 Å². The van der Waals surface area contributed by atoms with Crippen molar-refractivity contribution in [3.63, 3.8) is 0 Å². The molecule has 1 N–H and O–H groups in total. The Morgan fingerprint density at radius 3 is 2.28 bits per heavy atom. The van der Waals surface area contributed by atoms with Crippen LogP contribution >= 0.6 is 22.0 Å². The average molecular weight is 333 g/mol. The van der Waals surface area contributed by atoms with Gasteiger partial charge in [-0.2, -0.15) is 0 Å². The Kier molecular flexibility index (Phi) is 4.63. The highest BCUT2D eigenvalue weighted by molar-refractivity contribution is 8.15. The number of nitrogens with one attached hydrogen (secondary N) is 1. The molecule has 0 aliphatic heterocycles. The Hall–Kier alpha value is -0.380. The first-order chi connectivity index (χ1) is 8.01. The topological polar surface area (TPSA) is 93.2 Å². The molecule has 104 valence electrons. The van der Waals surface area contributed by atoms with Crippen molar-refractivity contribution in [1.82, 2.24) is 4.98 Å². The van der Waals surface area contributed by atoms with Crippen LogP contribution in [-0.4, -0.2) is 27.6 Å². The summed E-state index contributed by atoms with van der Waals surface area (Å²) in [5.74, 6) is -0.103. The van der Waals surface area contributed by atoms with Crippen LogP contribution in [0.4, 0.5) is 5.13 Å². The van der Waals surface area contributed by atoms with Crippen LogP contribution in [0.25, 0.3) is 0 Å². The quantitative estimate of drug-likeness (QED) is 0.829. The van der Waals surface area contributed by atoms with E-state index < -0.39 is 19.1 Å². The highest BCUT2D eigenvalue weighted by Gasteiger charge is 2.22. The van der Waals surface area contributed by atoms with Gasteiger partial charge in [-0.3, -0.25) is 4.72 Å². The van der Waals surface area contributed by atoms with Gasteiger partial charge < -0.3 is 0 Å². The standard InChI is InChI=1S/C8H13ClN2O4S3/c1-5(2)4-17(12,13)11-8-10-6(3)7(16-8)18(9,14)15/h5H,4H2,1-3H3,(H,10,11). The molecule has 1 aromatic rings. The summed E-state index contributed by atoms with van der Waals surface area (Å²) in [5.41, 5.74) is 0.178. The lowest BCUT2D eigenvalue weighted by molar-refractivity contribution is 0.587. The van der Waals surface area contributed by atoms with E-state index in [0.717, 1.165) is 0 Å². The van der Waals surface area contributed by atoms with Crippen LogP contribution in [-0.2, 0) is 19.1 Å². The third kappa shape index (κ3) is 4.38. The van der Waals surface area contributed by atoms with Crippen LogP contribution < -0.4 is 4.72 Å². The molecule has 0 saturated carbocycles. The van der Waals surface area contributed by atoms with Crippen LogP contribution in [0.1, 0.15) is 19.5 Å². The van der Waals surface area contributed by atoms with E-state index >= 15 is 0 Å². The van der Waals surface area contributed by atoms with Gasteiger partial charge in [-0.15, -0.1) is 0 Å². The van der Waals surface area contributed by atoms with Crippen molar-refractivity contribution in [3.8, 4) is 0 Å². The molecule has 0 aromatic carbocycles. The van der Waals surface area contributed by atoms with E-state index in [-0.39, 0.29) is 26.7 Å². The largest absolute Gasteiger partial charge is 0.272 e. The van der Waals surface area contributed by atoms with Gasteiger partial charge in [-0.05, 0) is 12.8 Å². The van der Waals surface area contributed by atoms with Crippen molar-refractivity contribution >= 4 is 46.2 Å². The second-order valence-electron chi connectivity index (χ2n) is 4.11. The first-order valence-corrected chi connectivity index (χ1v) is 9.71. The van der Waals surface area contributed by atoms with Crippen molar-refractivity contribution in [2.75, 3.05) is 10.5 Å². The molecule has 6 nitrogen and oxygen atoms in total. The van der Waals surface area contributed by atoms with Gasteiger partial charge in [-0.1, -0.05) is 25.2 Å². The van der Waals surface area contributed by atoms with Crippen molar-refractivity contribution in [2.24, 2.45) is 5.92 Å². The van der Waals surface area contributed by atoms with Crippen LogP contribution in [0.5, 0.6) is 0 Å². The summed E-state index contributed by atoms with van der Waals surface area (Å²) in [4.78, 5) is 3.83. The van der Waals surface area contributed by atoms with Crippen molar-refractivity contribution in [3.05, 3.63) is 5.69 Å². The third-order valence-corrected chi connectivity index (χ3v) is 6.76. The number of thiazole rings is 1. The minimum Gasteiger partial charge on any atom is -0.259 e. The SMILES string of the molecule is Cc1nc(NS(=O)(=O)CC(C)C)sc1S(=O)(=O)Cl. The molecule has 0 bridgehead atoms.